The number of hydrogen-bond acceptors (Lipinski definition) is 6. The Morgan fingerprint density at radius 1 is 1.24 bits per heavy atom. The summed E-state index contributed by atoms with van der Waals surface area (Å²) in [5.41, 5.74) is 6.81. The van der Waals surface area contributed by atoms with E-state index >= 15 is 0 Å². The van der Waals surface area contributed by atoms with E-state index in [-0.39, 0.29) is 6.04 Å². The number of imidazole rings is 1. The predicted molar refractivity (Wildman–Crippen MR) is 60.0 cm³/mol. The molecule has 7 nitrogen and oxygen atoms in total. The summed E-state index contributed by atoms with van der Waals surface area (Å²) in [4.78, 5) is 12.1. The number of nitrogen functional groups attached to an aromatic ring is 1. The second-order valence-corrected chi connectivity index (χ2v) is 4.29. The topological polar surface area (TPSA) is 110 Å². The maximum absolute atomic E-state index is 9.88. The Morgan fingerprint density at radius 3 is 2.76 bits per heavy atom. The maximum atomic E-state index is 9.88. The number of aliphatic hydroxyl groups excluding tert-OH is 2. The van der Waals surface area contributed by atoms with Gasteiger partial charge in [-0.25, -0.2) is 15.0 Å². The van der Waals surface area contributed by atoms with E-state index in [4.69, 9.17) is 5.73 Å². The molecule has 3 atom stereocenters. The number of hydrogen-bond donors (Lipinski definition) is 3. The van der Waals surface area contributed by atoms with Crippen molar-refractivity contribution in [3.8, 4) is 0 Å². The second-order valence-electron chi connectivity index (χ2n) is 4.29. The summed E-state index contributed by atoms with van der Waals surface area (Å²) >= 11 is 0. The monoisotopic (exact) mass is 235 g/mol. The minimum Gasteiger partial charge on any atom is -0.390 e. The minimum atomic E-state index is -0.788. The highest BCUT2D eigenvalue weighted by Gasteiger charge is 2.35. The largest absolute Gasteiger partial charge is 0.390 e. The summed E-state index contributed by atoms with van der Waals surface area (Å²) in [5, 5.41) is 19.4. The van der Waals surface area contributed by atoms with Crippen molar-refractivity contribution in [3.63, 3.8) is 0 Å². The van der Waals surface area contributed by atoms with E-state index in [1.807, 2.05) is 0 Å². The first-order valence-corrected chi connectivity index (χ1v) is 5.47. The molecule has 2 aromatic rings. The molecule has 3 rings (SSSR count). The Balaban J connectivity index is 2.10. The third kappa shape index (κ3) is 1.47. The smallest absolute Gasteiger partial charge is 0.165 e. The van der Waals surface area contributed by atoms with Crippen LogP contribution >= 0.6 is 0 Å². The Morgan fingerprint density at radius 2 is 2.06 bits per heavy atom. The van der Waals surface area contributed by atoms with Crippen molar-refractivity contribution in [2.24, 2.45) is 0 Å². The summed E-state index contributed by atoms with van der Waals surface area (Å²) in [7, 11) is 0. The first kappa shape index (κ1) is 10.4. The van der Waals surface area contributed by atoms with E-state index in [2.05, 4.69) is 15.0 Å². The van der Waals surface area contributed by atoms with Crippen LogP contribution in [0.2, 0.25) is 0 Å². The average molecular weight is 235 g/mol. The van der Waals surface area contributed by atoms with Gasteiger partial charge in [0.2, 0.25) is 0 Å². The van der Waals surface area contributed by atoms with Crippen LogP contribution in [0.3, 0.4) is 0 Å². The van der Waals surface area contributed by atoms with Gasteiger partial charge in [0.15, 0.2) is 11.5 Å². The zero-order valence-electron chi connectivity index (χ0n) is 9.06. The van der Waals surface area contributed by atoms with Crippen molar-refractivity contribution in [1.29, 1.82) is 0 Å². The average Bonchev–Trinajstić information content (AvgIpc) is 2.86. The van der Waals surface area contributed by atoms with Crippen LogP contribution in [0.5, 0.6) is 0 Å². The molecule has 1 saturated carbocycles. The summed E-state index contributed by atoms with van der Waals surface area (Å²) in [6.07, 6.45) is 2.75. The number of aromatic nitrogens is 4. The molecule has 2 heterocycles. The Kier molecular flexibility index (Phi) is 2.23. The number of anilines is 1. The summed E-state index contributed by atoms with van der Waals surface area (Å²) in [5.74, 6) is 0.321. The van der Waals surface area contributed by atoms with Crippen LogP contribution in [0, 0.1) is 0 Å². The van der Waals surface area contributed by atoms with E-state index in [0.717, 1.165) is 0 Å². The van der Waals surface area contributed by atoms with Gasteiger partial charge in [-0.1, -0.05) is 0 Å². The SMILES string of the molecule is Nc1ncnc2c1ncn2[C@H]1CC[C@@H](O)[C@H]1O. The Labute approximate surface area is 96.9 Å². The van der Waals surface area contributed by atoms with Gasteiger partial charge in [0, 0.05) is 0 Å². The second kappa shape index (κ2) is 3.64. The molecular weight excluding hydrogens is 222 g/mol. The van der Waals surface area contributed by atoms with Crippen molar-refractivity contribution in [2.45, 2.75) is 31.1 Å². The molecule has 0 spiro atoms. The predicted octanol–water partition coefficient (Wildman–Crippen LogP) is -0.535. The first-order chi connectivity index (χ1) is 8.18. The van der Waals surface area contributed by atoms with Gasteiger partial charge in [0.25, 0.3) is 0 Å². The van der Waals surface area contributed by atoms with Gasteiger partial charge in [0.1, 0.15) is 17.9 Å². The molecule has 1 aliphatic rings. The van der Waals surface area contributed by atoms with Crippen molar-refractivity contribution in [1.82, 2.24) is 19.5 Å². The third-order valence-electron chi connectivity index (χ3n) is 3.29. The highest BCUT2D eigenvalue weighted by molar-refractivity contribution is 5.81. The molecule has 0 saturated heterocycles. The molecular formula is C10H13N5O2. The van der Waals surface area contributed by atoms with Gasteiger partial charge < -0.3 is 20.5 Å². The maximum Gasteiger partial charge on any atom is 0.165 e. The third-order valence-corrected chi connectivity index (χ3v) is 3.29. The van der Waals surface area contributed by atoms with Gasteiger partial charge in [-0.3, -0.25) is 0 Å². The van der Waals surface area contributed by atoms with Crippen LogP contribution in [-0.2, 0) is 0 Å². The van der Waals surface area contributed by atoms with Crippen LogP contribution in [0.1, 0.15) is 18.9 Å². The molecule has 0 aromatic carbocycles. The Hall–Kier alpha value is -1.73. The van der Waals surface area contributed by atoms with E-state index in [0.29, 0.717) is 29.8 Å². The summed E-state index contributed by atoms with van der Waals surface area (Å²) in [6, 6.07) is -0.204. The fraction of sp³-hybridized carbons (Fsp3) is 0.500. The molecule has 0 amide bonds. The number of nitrogens with zero attached hydrogens (tertiary/aromatic N) is 4. The van der Waals surface area contributed by atoms with Crippen molar-refractivity contribution in [2.75, 3.05) is 5.73 Å². The fourth-order valence-electron chi connectivity index (χ4n) is 2.36. The number of aliphatic hydroxyl groups is 2. The lowest BCUT2D eigenvalue weighted by atomic mass is 10.2. The van der Waals surface area contributed by atoms with E-state index in [1.165, 1.54) is 6.33 Å². The molecule has 0 unspecified atom stereocenters. The van der Waals surface area contributed by atoms with Crippen molar-refractivity contribution < 1.29 is 10.2 Å². The van der Waals surface area contributed by atoms with E-state index in [9.17, 15) is 10.2 Å². The minimum absolute atomic E-state index is 0.204. The molecule has 2 aromatic heterocycles. The molecule has 90 valence electrons. The number of fused-ring (bicyclic) bond motifs is 1. The highest BCUT2D eigenvalue weighted by Crippen LogP contribution is 2.32. The standard InChI is InChI=1S/C10H13N5O2/c11-9-7-10(13-3-12-9)15(4-14-7)5-1-2-6(16)8(5)17/h3-6,8,16-17H,1-2H2,(H2,11,12,13)/t5-,6+,8-/m0/s1. The quantitative estimate of drug-likeness (QED) is 0.612. The van der Waals surface area contributed by atoms with Crippen LogP contribution in [0.25, 0.3) is 11.2 Å². The van der Waals surface area contributed by atoms with Crippen molar-refractivity contribution in [3.05, 3.63) is 12.7 Å². The fourth-order valence-corrected chi connectivity index (χ4v) is 2.36. The van der Waals surface area contributed by atoms with Crippen LogP contribution in [-0.4, -0.2) is 41.9 Å². The van der Waals surface area contributed by atoms with Gasteiger partial charge in [0.05, 0.1) is 18.5 Å². The lowest BCUT2D eigenvalue weighted by molar-refractivity contribution is 0.0241. The van der Waals surface area contributed by atoms with Gasteiger partial charge in [-0.05, 0) is 12.8 Å². The molecule has 4 N–H and O–H groups in total. The van der Waals surface area contributed by atoms with Crippen LogP contribution in [0.4, 0.5) is 5.82 Å². The molecule has 0 aliphatic heterocycles. The molecule has 1 aliphatic carbocycles. The zero-order valence-corrected chi connectivity index (χ0v) is 9.06. The zero-order chi connectivity index (χ0) is 12.0. The lowest BCUT2D eigenvalue weighted by Crippen LogP contribution is -2.26. The number of nitrogens with two attached hydrogens (primary N) is 1. The van der Waals surface area contributed by atoms with Crippen LogP contribution < -0.4 is 5.73 Å². The normalized spacial score (nSPS) is 28.9. The molecule has 1 fully saturated rings. The Bertz CT molecular complexity index is 555. The van der Waals surface area contributed by atoms with Gasteiger partial charge >= 0.3 is 0 Å². The molecule has 7 heteroatoms. The summed E-state index contributed by atoms with van der Waals surface area (Å²) in [6.45, 7) is 0. The summed E-state index contributed by atoms with van der Waals surface area (Å²) < 4.78 is 1.76. The molecule has 0 radical (unpaired) electrons. The number of rotatable bonds is 1. The highest BCUT2D eigenvalue weighted by atomic mass is 16.3. The van der Waals surface area contributed by atoms with Crippen LogP contribution in [0.15, 0.2) is 12.7 Å². The molecule has 17 heavy (non-hydrogen) atoms. The lowest BCUT2D eigenvalue weighted by Gasteiger charge is -2.17. The van der Waals surface area contributed by atoms with Crippen molar-refractivity contribution >= 4 is 17.0 Å². The first-order valence-electron chi connectivity index (χ1n) is 5.47. The van der Waals surface area contributed by atoms with E-state index < -0.39 is 12.2 Å². The van der Waals surface area contributed by atoms with E-state index in [1.54, 1.807) is 10.9 Å². The molecule has 0 bridgehead atoms. The van der Waals surface area contributed by atoms with Gasteiger partial charge in [-0.2, -0.15) is 0 Å². The van der Waals surface area contributed by atoms with Gasteiger partial charge in [-0.15, -0.1) is 0 Å².